The highest BCUT2D eigenvalue weighted by Gasteiger charge is 2.06. The van der Waals surface area contributed by atoms with E-state index in [0.717, 1.165) is 18.9 Å². The molecule has 106 valence electrons. The molecular weight excluding hydrogens is 232 g/mol. The van der Waals surface area contributed by atoms with Crippen LogP contribution in [0.1, 0.15) is 51.0 Å². The van der Waals surface area contributed by atoms with Gasteiger partial charge in [0.1, 0.15) is 0 Å². The summed E-state index contributed by atoms with van der Waals surface area (Å²) < 4.78 is 5.33. The molecule has 0 aliphatic heterocycles. The number of unbranched alkanes of at least 4 members (excludes halogenated alkanes) is 2. The van der Waals surface area contributed by atoms with Gasteiger partial charge in [-0.25, -0.2) is 0 Å². The lowest BCUT2D eigenvalue weighted by Crippen LogP contribution is -2.07. The number of benzene rings is 1. The van der Waals surface area contributed by atoms with E-state index in [0.29, 0.717) is 0 Å². The van der Waals surface area contributed by atoms with E-state index >= 15 is 0 Å². The van der Waals surface area contributed by atoms with Crippen molar-refractivity contribution in [1.29, 1.82) is 0 Å². The van der Waals surface area contributed by atoms with Crippen LogP contribution >= 0.6 is 0 Å². The van der Waals surface area contributed by atoms with E-state index in [9.17, 15) is 0 Å². The van der Waals surface area contributed by atoms with Gasteiger partial charge in [0.2, 0.25) is 0 Å². The maximum atomic E-state index is 5.33. The van der Waals surface area contributed by atoms with E-state index < -0.39 is 0 Å². The molecule has 0 amide bonds. The summed E-state index contributed by atoms with van der Waals surface area (Å²) in [6, 6.07) is 10.5. The maximum absolute atomic E-state index is 5.33. The van der Waals surface area contributed by atoms with E-state index in [1.54, 1.807) is 0 Å². The fraction of sp³-hybridized carbons (Fsp3) is 0.556. The van der Waals surface area contributed by atoms with Crippen LogP contribution in [0.25, 0.3) is 6.08 Å². The number of ether oxygens (including phenoxy) is 1. The molecule has 0 aliphatic rings. The molecule has 0 aliphatic carbocycles. The molecule has 0 bridgehead atoms. The van der Waals surface area contributed by atoms with E-state index in [1.165, 1.54) is 37.7 Å². The van der Waals surface area contributed by atoms with Crippen LogP contribution in [0.4, 0.5) is 0 Å². The van der Waals surface area contributed by atoms with Crippen LogP contribution in [0, 0.1) is 5.92 Å². The Bertz CT molecular complexity index is 329. The molecule has 0 saturated heterocycles. The topological polar surface area (TPSA) is 9.23 Å². The zero-order valence-corrected chi connectivity index (χ0v) is 12.5. The Morgan fingerprint density at radius 3 is 2.58 bits per heavy atom. The van der Waals surface area contributed by atoms with Crippen molar-refractivity contribution in [2.75, 3.05) is 13.7 Å². The lowest BCUT2D eigenvalue weighted by Gasteiger charge is -2.14. The molecule has 0 N–H and O–H groups in total. The molecule has 1 nitrogen and oxygen atoms in total. The smallest absolute Gasteiger partial charge is 0.0490 e. The second-order valence-electron chi connectivity index (χ2n) is 5.21. The fourth-order valence-electron chi connectivity index (χ4n) is 2.35. The molecule has 0 saturated carbocycles. The van der Waals surface area contributed by atoms with Crippen molar-refractivity contribution in [3.63, 3.8) is 0 Å². The minimum absolute atomic E-state index is 0.719. The largest absolute Gasteiger partial charge is 0.384 e. The van der Waals surface area contributed by atoms with Gasteiger partial charge in [-0.15, -0.1) is 0 Å². The Morgan fingerprint density at radius 1 is 1.11 bits per heavy atom. The molecule has 1 aromatic rings. The summed E-state index contributed by atoms with van der Waals surface area (Å²) in [7, 11) is 1.81. The summed E-state index contributed by atoms with van der Waals surface area (Å²) in [4.78, 5) is 0. The third kappa shape index (κ3) is 7.84. The van der Waals surface area contributed by atoms with Gasteiger partial charge in [0.25, 0.3) is 0 Å². The average Bonchev–Trinajstić information content (AvgIpc) is 2.45. The lowest BCUT2D eigenvalue weighted by molar-refractivity contribution is 0.142. The number of hydrogen-bond acceptors (Lipinski definition) is 1. The van der Waals surface area contributed by atoms with Crippen molar-refractivity contribution < 1.29 is 4.74 Å². The first-order valence-corrected chi connectivity index (χ1v) is 7.57. The Kier molecular flexibility index (Phi) is 9.09. The Morgan fingerprint density at radius 2 is 1.89 bits per heavy atom. The van der Waals surface area contributed by atoms with E-state index in [4.69, 9.17) is 4.74 Å². The van der Waals surface area contributed by atoms with Crippen LogP contribution in [0.3, 0.4) is 0 Å². The van der Waals surface area contributed by atoms with Crippen LogP contribution < -0.4 is 0 Å². The second-order valence-corrected chi connectivity index (χ2v) is 5.21. The molecule has 19 heavy (non-hydrogen) atoms. The van der Waals surface area contributed by atoms with Crippen molar-refractivity contribution in [3.8, 4) is 0 Å². The molecule has 0 fully saturated rings. The minimum atomic E-state index is 0.719. The van der Waals surface area contributed by atoms with Crippen LogP contribution in [-0.2, 0) is 4.74 Å². The van der Waals surface area contributed by atoms with Crippen molar-refractivity contribution >= 4 is 6.08 Å². The normalized spacial score (nSPS) is 12.9. The van der Waals surface area contributed by atoms with Gasteiger partial charge in [-0.2, -0.15) is 0 Å². The monoisotopic (exact) mass is 260 g/mol. The number of allylic oxidation sites excluding steroid dienone is 1. The van der Waals surface area contributed by atoms with Gasteiger partial charge < -0.3 is 4.74 Å². The van der Waals surface area contributed by atoms with E-state index in [1.807, 2.05) is 7.11 Å². The highest BCUT2D eigenvalue weighted by molar-refractivity contribution is 5.48. The van der Waals surface area contributed by atoms with Gasteiger partial charge in [-0.3, -0.25) is 0 Å². The van der Waals surface area contributed by atoms with Crippen LogP contribution in [0.2, 0.25) is 0 Å². The van der Waals surface area contributed by atoms with Crippen molar-refractivity contribution in [3.05, 3.63) is 42.0 Å². The van der Waals surface area contributed by atoms with Gasteiger partial charge in [-0.1, -0.05) is 68.7 Å². The summed E-state index contributed by atoms with van der Waals surface area (Å²) in [5, 5.41) is 0. The molecule has 0 spiro atoms. The highest BCUT2D eigenvalue weighted by atomic mass is 16.5. The van der Waals surface area contributed by atoms with Crippen molar-refractivity contribution in [2.24, 2.45) is 5.92 Å². The first-order chi connectivity index (χ1) is 9.36. The SMILES string of the molecule is CCCCCC(CCC=Cc1ccccc1)COC. The molecule has 1 atom stereocenters. The summed E-state index contributed by atoms with van der Waals surface area (Å²) in [5.74, 6) is 0.719. The summed E-state index contributed by atoms with van der Waals surface area (Å²) in [6.07, 6.45) is 12.2. The van der Waals surface area contributed by atoms with Gasteiger partial charge in [0.15, 0.2) is 0 Å². The summed E-state index contributed by atoms with van der Waals surface area (Å²) in [6.45, 7) is 3.16. The van der Waals surface area contributed by atoms with Gasteiger partial charge >= 0.3 is 0 Å². The van der Waals surface area contributed by atoms with Crippen molar-refractivity contribution in [1.82, 2.24) is 0 Å². The molecule has 0 radical (unpaired) electrons. The summed E-state index contributed by atoms with van der Waals surface area (Å²) >= 11 is 0. The first kappa shape index (κ1) is 16.0. The third-order valence-electron chi connectivity index (χ3n) is 3.47. The van der Waals surface area contributed by atoms with Gasteiger partial charge in [0.05, 0.1) is 0 Å². The van der Waals surface area contributed by atoms with E-state index in [2.05, 4.69) is 49.4 Å². The van der Waals surface area contributed by atoms with Gasteiger partial charge in [-0.05, 0) is 30.7 Å². The van der Waals surface area contributed by atoms with Crippen LogP contribution in [0.5, 0.6) is 0 Å². The van der Waals surface area contributed by atoms with Crippen molar-refractivity contribution in [2.45, 2.75) is 45.4 Å². The third-order valence-corrected chi connectivity index (χ3v) is 3.47. The van der Waals surface area contributed by atoms with Crippen LogP contribution in [-0.4, -0.2) is 13.7 Å². The molecule has 1 aromatic carbocycles. The number of methoxy groups -OCH3 is 1. The molecule has 0 heterocycles. The maximum Gasteiger partial charge on any atom is 0.0490 e. The fourth-order valence-corrected chi connectivity index (χ4v) is 2.35. The zero-order valence-electron chi connectivity index (χ0n) is 12.5. The number of hydrogen-bond donors (Lipinski definition) is 0. The standard InChI is InChI=1S/C18H28O/c1-3-4-6-14-18(16-19-2)15-10-9-13-17-11-7-5-8-12-17/h5,7-9,11-13,18H,3-4,6,10,14-16H2,1-2H3. The molecule has 1 rings (SSSR count). The second kappa shape index (κ2) is 10.8. The molecule has 1 heteroatoms. The Labute approximate surface area is 118 Å². The van der Waals surface area contributed by atoms with Crippen LogP contribution in [0.15, 0.2) is 36.4 Å². The lowest BCUT2D eigenvalue weighted by atomic mass is 9.97. The zero-order chi connectivity index (χ0) is 13.8. The quantitative estimate of drug-likeness (QED) is 0.517. The van der Waals surface area contributed by atoms with Gasteiger partial charge in [0, 0.05) is 13.7 Å². The first-order valence-electron chi connectivity index (χ1n) is 7.57. The summed E-state index contributed by atoms with van der Waals surface area (Å²) in [5.41, 5.74) is 1.29. The van der Waals surface area contributed by atoms with E-state index in [-0.39, 0.29) is 0 Å². The Balaban J connectivity index is 2.25. The Hall–Kier alpha value is -1.08. The average molecular weight is 260 g/mol. The molecule has 1 unspecified atom stereocenters. The highest BCUT2D eigenvalue weighted by Crippen LogP contribution is 2.17. The number of rotatable bonds is 10. The molecular formula is C18H28O. The predicted octanol–water partition coefficient (Wildman–Crippen LogP) is 5.32. The minimum Gasteiger partial charge on any atom is -0.384 e. The predicted molar refractivity (Wildman–Crippen MR) is 84.2 cm³/mol. The molecule has 0 aromatic heterocycles.